The van der Waals surface area contributed by atoms with Crippen molar-refractivity contribution in [1.29, 1.82) is 0 Å². The number of rotatable bonds is 3. The zero-order chi connectivity index (χ0) is 9.72. The summed E-state index contributed by atoms with van der Waals surface area (Å²) in [4.78, 5) is 0. The van der Waals surface area contributed by atoms with Crippen molar-refractivity contribution in [3.8, 4) is 0 Å². The molecule has 0 rings (SSSR count). The van der Waals surface area contributed by atoms with E-state index in [1.54, 1.807) is 20.0 Å². The van der Waals surface area contributed by atoms with Gasteiger partial charge >= 0.3 is 0 Å². The predicted molar refractivity (Wildman–Crippen MR) is 56.4 cm³/mol. The van der Waals surface area contributed by atoms with Crippen LogP contribution in [-0.2, 0) is 0 Å². The molecular formula is C9H13Cl2N. The maximum absolute atomic E-state index is 5.94. The number of hydrogen-bond acceptors (Lipinski definition) is 1. The molecule has 0 atom stereocenters. The van der Waals surface area contributed by atoms with Gasteiger partial charge in [-0.15, -0.1) is 0 Å². The summed E-state index contributed by atoms with van der Waals surface area (Å²) in [5, 5.41) is 4.08. The third kappa shape index (κ3) is 2.92. The second-order valence-electron chi connectivity index (χ2n) is 2.36. The number of allylic oxidation sites excluding steroid dienone is 4. The summed E-state index contributed by atoms with van der Waals surface area (Å²) in [6.07, 6.45) is 1.73. The molecule has 1 nitrogen and oxygen atoms in total. The zero-order valence-electron chi connectivity index (χ0n) is 7.54. The van der Waals surface area contributed by atoms with Crippen molar-refractivity contribution in [1.82, 2.24) is 5.32 Å². The van der Waals surface area contributed by atoms with E-state index in [9.17, 15) is 0 Å². The van der Waals surface area contributed by atoms with Crippen LogP contribution in [0.3, 0.4) is 0 Å². The van der Waals surface area contributed by atoms with Crippen molar-refractivity contribution in [2.24, 2.45) is 0 Å². The number of halogens is 2. The van der Waals surface area contributed by atoms with Crippen molar-refractivity contribution in [2.45, 2.75) is 13.8 Å². The Morgan fingerprint density at radius 1 is 1.33 bits per heavy atom. The quantitative estimate of drug-likeness (QED) is 0.698. The van der Waals surface area contributed by atoms with Crippen molar-refractivity contribution >= 4 is 23.2 Å². The molecule has 1 N–H and O–H groups in total. The maximum atomic E-state index is 5.94. The summed E-state index contributed by atoms with van der Waals surface area (Å²) in [5.41, 5.74) is 1.79. The molecule has 0 bridgehead atoms. The van der Waals surface area contributed by atoms with Crippen molar-refractivity contribution < 1.29 is 0 Å². The molecule has 68 valence electrons. The SMILES string of the molecule is C=C/C(C)=C(NC)/C(Cl)=C(\C)Cl. The van der Waals surface area contributed by atoms with Gasteiger partial charge in [-0.2, -0.15) is 0 Å². The van der Waals surface area contributed by atoms with Crippen LogP contribution in [0.15, 0.2) is 34.0 Å². The van der Waals surface area contributed by atoms with E-state index in [0.29, 0.717) is 10.1 Å². The number of likely N-dealkylation sites (N-methyl/N-ethyl adjacent to an activating group) is 1. The van der Waals surface area contributed by atoms with Crippen LogP contribution in [0.25, 0.3) is 0 Å². The van der Waals surface area contributed by atoms with Gasteiger partial charge in [-0.1, -0.05) is 35.9 Å². The molecule has 0 saturated heterocycles. The minimum atomic E-state index is 0.538. The summed E-state index contributed by atoms with van der Waals surface area (Å²) in [7, 11) is 1.80. The van der Waals surface area contributed by atoms with Crippen LogP contribution < -0.4 is 5.32 Å². The molecule has 0 heterocycles. The summed E-state index contributed by atoms with van der Waals surface area (Å²) in [5.74, 6) is 0. The highest BCUT2D eigenvalue weighted by Gasteiger charge is 2.04. The fraction of sp³-hybridized carbons (Fsp3) is 0.333. The van der Waals surface area contributed by atoms with E-state index in [-0.39, 0.29) is 0 Å². The average Bonchev–Trinajstić information content (AvgIpc) is 2.05. The Hall–Kier alpha value is -0.400. The molecule has 0 aromatic heterocycles. The summed E-state index contributed by atoms with van der Waals surface area (Å²) >= 11 is 11.7. The minimum absolute atomic E-state index is 0.538. The van der Waals surface area contributed by atoms with Gasteiger partial charge < -0.3 is 5.32 Å². The second kappa shape index (κ2) is 5.28. The largest absolute Gasteiger partial charge is 0.387 e. The molecule has 0 aliphatic rings. The maximum Gasteiger partial charge on any atom is 0.0782 e. The summed E-state index contributed by atoms with van der Waals surface area (Å²) in [6.45, 7) is 7.31. The Kier molecular flexibility index (Phi) is 5.11. The van der Waals surface area contributed by atoms with Gasteiger partial charge in [-0.05, 0) is 19.4 Å². The van der Waals surface area contributed by atoms with Crippen LogP contribution >= 0.6 is 23.2 Å². The van der Waals surface area contributed by atoms with Gasteiger partial charge in [0.2, 0.25) is 0 Å². The number of hydrogen-bond donors (Lipinski definition) is 1. The highest BCUT2D eigenvalue weighted by atomic mass is 35.5. The van der Waals surface area contributed by atoms with Crippen LogP contribution in [0.5, 0.6) is 0 Å². The first-order chi connectivity index (χ1) is 5.54. The van der Waals surface area contributed by atoms with Gasteiger partial charge in [-0.25, -0.2) is 0 Å². The Morgan fingerprint density at radius 2 is 1.83 bits per heavy atom. The van der Waals surface area contributed by atoms with Crippen LogP contribution in [0, 0.1) is 0 Å². The molecule has 12 heavy (non-hydrogen) atoms. The normalized spacial score (nSPS) is 14.8. The zero-order valence-corrected chi connectivity index (χ0v) is 9.05. The molecule has 0 radical (unpaired) electrons. The Morgan fingerprint density at radius 3 is 2.08 bits per heavy atom. The van der Waals surface area contributed by atoms with Crippen LogP contribution in [0.2, 0.25) is 0 Å². The van der Waals surface area contributed by atoms with E-state index in [0.717, 1.165) is 11.3 Å². The first kappa shape index (κ1) is 11.6. The first-order valence-electron chi connectivity index (χ1n) is 3.57. The molecule has 0 amide bonds. The smallest absolute Gasteiger partial charge is 0.0782 e. The lowest BCUT2D eigenvalue weighted by Crippen LogP contribution is -2.08. The lowest BCUT2D eigenvalue weighted by Gasteiger charge is -2.08. The van der Waals surface area contributed by atoms with E-state index in [1.165, 1.54) is 0 Å². The average molecular weight is 206 g/mol. The van der Waals surface area contributed by atoms with Gasteiger partial charge in [0.15, 0.2) is 0 Å². The van der Waals surface area contributed by atoms with Gasteiger partial charge in [0, 0.05) is 12.1 Å². The van der Waals surface area contributed by atoms with E-state index in [4.69, 9.17) is 23.2 Å². The fourth-order valence-corrected chi connectivity index (χ4v) is 1.09. The van der Waals surface area contributed by atoms with E-state index >= 15 is 0 Å². The highest BCUT2D eigenvalue weighted by Crippen LogP contribution is 2.22. The van der Waals surface area contributed by atoms with E-state index in [2.05, 4.69) is 11.9 Å². The second-order valence-corrected chi connectivity index (χ2v) is 3.30. The molecule has 0 aliphatic heterocycles. The van der Waals surface area contributed by atoms with E-state index in [1.807, 2.05) is 6.92 Å². The van der Waals surface area contributed by atoms with Gasteiger partial charge in [0.05, 0.1) is 10.7 Å². The van der Waals surface area contributed by atoms with Gasteiger partial charge in [0.1, 0.15) is 0 Å². The Balaban J connectivity index is 5.06. The third-order valence-electron chi connectivity index (χ3n) is 1.47. The van der Waals surface area contributed by atoms with Crippen molar-refractivity contribution in [3.05, 3.63) is 34.0 Å². The standard InChI is InChI=1S/C9H13Cl2N/c1-5-6(2)9(12-4)8(11)7(3)10/h5,12H,1H2,2-4H3/b8-7-,9-6-. The number of nitrogens with one attached hydrogen (secondary N) is 1. The lowest BCUT2D eigenvalue weighted by atomic mass is 10.2. The molecule has 0 aromatic carbocycles. The topological polar surface area (TPSA) is 12.0 Å². The Bertz CT molecular complexity index is 229. The lowest BCUT2D eigenvalue weighted by molar-refractivity contribution is 1.00. The molecule has 3 heteroatoms. The van der Waals surface area contributed by atoms with Gasteiger partial charge in [-0.3, -0.25) is 0 Å². The van der Waals surface area contributed by atoms with Crippen LogP contribution in [-0.4, -0.2) is 7.05 Å². The van der Waals surface area contributed by atoms with Crippen molar-refractivity contribution in [3.63, 3.8) is 0 Å². The molecular weight excluding hydrogens is 193 g/mol. The predicted octanol–water partition coefficient (Wildman–Crippen LogP) is 3.37. The molecule has 0 aromatic rings. The van der Waals surface area contributed by atoms with Gasteiger partial charge in [0.25, 0.3) is 0 Å². The van der Waals surface area contributed by atoms with Crippen molar-refractivity contribution in [2.75, 3.05) is 7.05 Å². The molecule has 0 saturated carbocycles. The molecule has 0 spiro atoms. The molecule has 0 fully saturated rings. The minimum Gasteiger partial charge on any atom is -0.387 e. The summed E-state index contributed by atoms with van der Waals surface area (Å²) in [6, 6.07) is 0. The van der Waals surface area contributed by atoms with Crippen LogP contribution in [0.4, 0.5) is 0 Å². The first-order valence-corrected chi connectivity index (χ1v) is 4.33. The third-order valence-corrected chi connectivity index (χ3v) is 2.23. The monoisotopic (exact) mass is 205 g/mol. The van der Waals surface area contributed by atoms with Crippen LogP contribution in [0.1, 0.15) is 13.8 Å². The van der Waals surface area contributed by atoms with E-state index < -0.39 is 0 Å². The molecule has 0 aliphatic carbocycles. The summed E-state index contributed by atoms with van der Waals surface area (Å²) < 4.78 is 0. The Labute approximate surface area is 83.7 Å². The highest BCUT2D eigenvalue weighted by molar-refractivity contribution is 6.40. The fourth-order valence-electron chi connectivity index (χ4n) is 0.754. The molecule has 0 unspecified atom stereocenters.